The zero-order chi connectivity index (χ0) is 22.7. The van der Waals surface area contributed by atoms with Crippen LogP contribution in [0.4, 0.5) is 5.69 Å². The lowest BCUT2D eigenvalue weighted by Gasteiger charge is -2.19. The van der Waals surface area contributed by atoms with Crippen LogP contribution in [0.2, 0.25) is 0 Å². The summed E-state index contributed by atoms with van der Waals surface area (Å²) >= 11 is 0. The first-order valence-electron chi connectivity index (χ1n) is 10.3. The van der Waals surface area contributed by atoms with Crippen molar-refractivity contribution < 1.29 is 23.1 Å². The van der Waals surface area contributed by atoms with Gasteiger partial charge in [-0.1, -0.05) is 42.5 Å². The molecule has 1 N–H and O–H groups in total. The van der Waals surface area contributed by atoms with Crippen LogP contribution in [0.25, 0.3) is 0 Å². The lowest BCUT2D eigenvalue weighted by atomic mass is 9.92. The minimum Gasteiger partial charge on any atom is -0.478 e. The van der Waals surface area contributed by atoms with Crippen molar-refractivity contribution in [2.24, 2.45) is 0 Å². The molecule has 3 aromatic rings. The third-order valence-electron chi connectivity index (χ3n) is 6.49. The summed E-state index contributed by atoms with van der Waals surface area (Å²) in [6.45, 7) is 0.290. The van der Waals surface area contributed by atoms with E-state index in [1.54, 1.807) is 41.3 Å². The standard InChI is InChI=1S/C25H21NO5S/c1-32(30,31)19-11-9-17(10-12-19)21-14-25(21)20-7-2-3-8-22(20)26(24(25)29)15-16-5-4-6-18(13-16)23(27)28/h2-13,21H,14-15H2,1H3,(H,27,28)/t21-,25+/m1/s1. The molecule has 0 unspecified atom stereocenters. The minimum absolute atomic E-state index is 0.00313. The SMILES string of the molecule is CS(=O)(=O)c1ccc([C@H]2C[C@@]23C(=O)N(Cc2cccc(C(=O)O)c2)c2ccccc23)cc1. The molecule has 162 valence electrons. The molecular formula is C25H21NO5S. The topological polar surface area (TPSA) is 91.8 Å². The quantitative estimate of drug-likeness (QED) is 0.643. The Kier molecular flexibility index (Phi) is 4.49. The summed E-state index contributed by atoms with van der Waals surface area (Å²) in [5, 5.41) is 9.29. The fourth-order valence-electron chi connectivity index (χ4n) is 4.84. The van der Waals surface area contributed by atoms with Gasteiger partial charge in [-0.2, -0.15) is 0 Å². The second kappa shape index (κ2) is 7.03. The molecule has 1 spiro atoms. The first-order chi connectivity index (χ1) is 15.2. The predicted molar refractivity (Wildman–Crippen MR) is 120 cm³/mol. The van der Waals surface area contributed by atoms with Crippen LogP contribution >= 0.6 is 0 Å². The Labute approximate surface area is 186 Å². The Balaban J connectivity index is 1.49. The van der Waals surface area contributed by atoms with Crippen molar-refractivity contribution in [1.29, 1.82) is 0 Å². The molecule has 2 aliphatic rings. The number of rotatable bonds is 5. The molecule has 1 saturated carbocycles. The van der Waals surface area contributed by atoms with E-state index in [1.165, 1.54) is 12.3 Å². The van der Waals surface area contributed by atoms with Gasteiger partial charge in [0.2, 0.25) is 5.91 Å². The van der Waals surface area contributed by atoms with Crippen LogP contribution in [0.15, 0.2) is 77.7 Å². The number of para-hydroxylation sites is 1. The monoisotopic (exact) mass is 447 g/mol. The van der Waals surface area contributed by atoms with E-state index in [2.05, 4.69) is 0 Å². The third-order valence-corrected chi connectivity index (χ3v) is 7.62. The fourth-order valence-corrected chi connectivity index (χ4v) is 5.47. The van der Waals surface area contributed by atoms with Crippen molar-refractivity contribution in [2.75, 3.05) is 11.2 Å². The lowest BCUT2D eigenvalue weighted by Crippen LogP contribution is -2.32. The molecule has 1 heterocycles. The van der Waals surface area contributed by atoms with E-state index in [0.717, 1.165) is 22.4 Å². The highest BCUT2D eigenvalue weighted by Crippen LogP contribution is 2.66. The van der Waals surface area contributed by atoms with Crippen molar-refractivity contribution >= 4 is 27.4 Å². The first kappa shape index (κ1) is 20.5. The van der Waals surface area contributed by atoms with Crippen molar-refractivity contribution in [2.45, 2.75) is 29.2 Å². The van der Waals surface area contributed by atoms with Gasteiger partial charge in [-0.25, -0.2) is 13.2 Å². The molecule has 3 aromatic carbocycles. The summed E-state index contributed by atoms with van der Waals surface area (Å²) in [6.07, 6.45) is 1.83. The van der Waals surface area contributed by atoms with Gasteiger partial charge in [0.15, 0.2) is 9.84 Å². The van der Waals surface area contributed by atoms with Gasteiger partial charge in [-0.3, -0.25) is 4.79 Å². The summed E-state index contributed by atoms with van der Waals surface area (Å²) in [7, 11) is -3.28. The number of anilines is 1. The van der Waals surface area contributed by atoms with Crippen LogP contribution in [0, 0.1) is 0 Å². The number of sulfone groups is 1. The number of aromatic carboxylic acids is 1. The van der Waals surface area contributed by atoms with Gasteiger partial charge in [0, 0.05) is 17.9 Å². The van der Waals surface area contributed by atoms with Gasteiger partial charge in [0.05, 0.1) is 22.4 Å². The number of carbonyl (C=O) groups excluding carboxylic acids is 1. The number of benzene rings is 3. The summed E-state index contributed by atoms with van der Waals surface area (Å²) in [5.74, 6) is -1.03. The Morgan fingerprint density at radius 1 is 1.06 bits per heavy atom. The van der Waals surface area contributed by atoms with Gasteiger partial charge >= 0.3 is 5.97 Å². The zero-order valence-corrected chi connectivity index (χ0v) is 18.2. The first-order valence-corrected chi connectivity index (χ1v) is 12.1. The normalized spacial score (nSPS) is 21.6. The molecule has 6 nitrogen and oxygen atoms in total. The van der Waals surface area contributed by atoms with E-state index in [4.69, 9.17) is 0 Å². The molecule has 0 radical (unpaired) electrons. The molecule has 32 heavy (non-hydrogen) atoms. The molecule has 1 aliphatic heterocycles. The Morgan fingerprint density at radius 2 is 1.78 bits per heavy atom. The molecule has 0 aromatic heterocycles. The molecular weight excluding hydrogens is 426 g/mol. The Hall–Kier alpha value is -3.45. The van der Waals surface area contributed by atoms with Gasteiger partial charge in [0.25, 0.3) is 0 Å². The minimum atomic E-state index is -3.28. The highest BCUT2D eigenvalue weighted by Gasteiger charge is 2.67. The second-order valence-corrected chi connectivity index (χ2v) is 10.5. The van der Waals surface area contributed by atoms with E-state index in [0.29, 0.717) is 13.0 Å². The summed E-state index contributed by atoms with van der Waals surface area (Å²) in [5.41, 5.74) is 3.03. The Morgan fingerprint density at radius 3 is 2.47 bits per heavy atom. The van der Waals surface area contributed by atoms with Crippen LogP contribution < -0.4 is 4.90 Å². The molecule has 0 saturated heterocycles. The molecule has 1 amide bonds. The molecule has 7 heteroatoms. The van der Waals surface area contributed by atoms with Gasteiger partial charge in [-0.05, 0) is 53.4 Å². The van der Waals surface area contributed by atoms with Crippen LogP contribution in [0.3, 0.4) is 0 Å². The van der Waals surface area contributed by atoms with Crippen LogP contribution in [-0.2, 0) is 26.6 Å². The van der Waals surface area contributed by atoms with E-state index in [9.17, 15) is 23.1 Å². The van der Waals surface area contributed by atoms with Crippen LogP contribution in [0.5, 0.6) is 0 Å². The Bertz CT molecular complexity index is 1360. The smallest absolute Gasteiger partial charge is 0.335 e. The van der Waals surface area contributed by atoms with Crippen LogP contribution in [0.1, 0.15) is 39.4 Å². The highest BCUT2D eigenvalue weighted by atomic mass is 32.2. The maximum absolute atomic E-state index is 13.7. The second-order valence-electron chi connectivity index (χ2n) is 8.48. The summed E-state index contributed by atoms with van der Waals surface area (Å²) in [4.78, 5) is 27.0. The average Bonchev–Trinajstić information content (AvgIpc) is 3.49. The number of amides is 1. The van der Waals surface area contributed by atoms with E-state index >= 15 is 0 Å². The van der Waals surface area contributed by atoms with Crippen molar-refractivity contribution in [3.63, 3.8) is 0 Å². The van der Waals surface area contributed by atoms with Gasteiger partial charge in [-0.15, -0.1) is 0 Å². The number of fused-ring (bicyclic) bond motifs is 2. The highest BCUT2D eigenvalue weighted by molar-refractivity contribution is 7.90. The number of hydrogen-bond donors (Lipinski definition) is 1. The lowest BCUT2D eigenvalue weighted by molar-refractivity contribution is -0.120. The number of nitrogens with zero attached hydrogens (tertiary/aromatic N) is 1. The van der Waals surface area contributed by atoms with Gasteiger partial charge in [0.1, 0.15) is 0 Å². The van der Waals surface area contributed by atoms with Crippen molar-refractivity contribution in [3.05, 3.63) is 95.1 Å². The molecule has 1 aliphatic carbocycles. The molecule has 0 bridgehead atoms. The maximum atomic E-state index is 13.7. The molecule has 1 fully saturated rings. The fraction of sp³-hybridized carbons (Fsp3) is 0.200. The average molecular weight is 448 g/mol. The number of carbonyl (C=O) groups is 2. The van der Waals surface area contributed by atoms with Gasteiger partial charge < -0.3 is 10.0 Å². The molecule has 5 rings (SSSR count). The summed E-state index contributed by atoms with van der Waals surface area (Å²) < 4.78 is 23.6. The summed E-state index contributed by atoms with van der Waals surface area (Å²) in [6, 6.07) is 21.1. The van der Waals surface area contributed by atoms with E-state index in [1.807, 2.05) is 30.3 Å². The third kappa shape index (κ3) is 3.12. The van der Waals surface area contributed by atoms with E-state index in [-0.39, 0.29) is 22.3 Å². The maximum Gasteiger partial charge on any atom is 0.335 e. The number of carboxylic acid groups (broad SMARTS) is 1. The predicted octanol–water partition coefficient (Wildman–Crippen LogP) is 3.76. The van der Waals surface area contributed by atoms with Crippen molar-refractivity contribution in [3.8, 4) is 0 Å². The number of hydrogen-bond acceptors (Lipinski definition) is 4. The zero-order valence-electron chi connectivity index (χ0n) is 17.4. The largest absolute Gasteiger partial charge is 0.478 e. The van der Waals surface area contributed by atoms with E-state index < -0.39 is 21.2 Å². The molecule has 2 atom stereocenters. The van der Waals surface area contributed by atoms with Crippen LogP contribution in [-0.4, -0.2) is 31.7 Å². The number of carboxylic acids is 1. The van der Waals surface area contributed by atoms with Crippen molar-refractivity contribution in [1.82, 2.24) is 0 Å².